The van der Waals surface area contributed by atoms with Crippen molar-refractivity contribution in [3.8, 4) is 0 Å². The first kappa shape index (κ1) is 13.7. The van der Waals surface area contributed by atoms with E-state index < -0.39 is 0 Å². The van der Waals surface area contributed by atoms with Crippen LogP contribution in [-0.4, -0.2) is 51.9 Å². The molecule has 7 nitrogen and oxygen atoms in total. The normalized spacial score (nSPS) is 15.3. The third-order valence-electron chi connectivity index (χ3n) is 3.42. The minimum atomic E-state index is -0.188. The first-order valence-electron chi connectivity index (χ1n) is 6.66. The van der Waals surface area contributed by atoms with Crippen LogP contribution in [0.5, 0.6) is 0 Å². The maximum atomic E-state index is 12.4. The smallest absolute Gasteiger partial charge is 0.305 e. The highest BCUT2D eigenvalue weighted by Crippen LogP contribution is 2.15. The molecule has 0 atom stereocenters. The van der Waals surface area contributed by atoms with E-state index in [2.05, 4.69) is 19.9 Å². The number of nitrogens with one attached hydrogen (secondary N) is 1. The minimum Gasteiger partial charge on any atom is -0.337 e. The van der Waals surface area contributed by atoms with Crippen LogP contribution in [0.3, 0.4) is 0 Å². The lowest BCUT2D eigenvalue weighted by molar-refractivity contribution is 0.0750. The average molecular weight is 305 g/mol. The number of amides is 1. The van der Waals surface area contributed by atoms with Crippen LogP contribution in [0.1, 0.15) is 15.4 Å². The van der Waals surface area contributed by atoms with Gasteiger partial charge in [-0.1, -0.05) is 11.3 Å². The van der Waals surface area contributed by atoms with Crippen molar-refractivity contribution in [1.29, 1.82) is 0 Å². The van der Waals surface area contributed by atoms with Gasteiger partial charge in [-0.05, 0) is 13.0 Å². The highest BCUT2D eigenvalue weighted by molar-refractivity contribution is 7.11. The average Bonchev–Trinajstić information content (AvgIpc) is 2.86. The number of hydrogen-bond donors (Lipinski definition) is 1. The van der Waals surface area contributed by atoms with Crippen molar-refractivity contribution in [3.63, 3.8) is 0 Å². The lowest BCUT2D eigenvalue weighted by atomic mass is 10.3. The number of hydrogen-bond acceptors (Lipinski definition) is 6. The second-order valence-electron chi connectivity index (χ2n) is 4.80. The number of nitrogens with zero attached hydrogens (tertiary/aromatic N) is 4. The van der Waals surface area contributed by atoms with Crippen molar-refractivity contribution in [3.05, 3.63) is 38.7 Å². The van der Waals surface area contributed by atoms with E-state index in [0.717, 1.165) is 11.3 Å². The van der Waals surface area contributed by atoms with E-state index in [1.165, 1.54) is 0 Å². The molecule has 1 N–H and O–H groups in total. The highest BCUT2D eigenvalue weighted by Gasteiger charge is 2.25. The predicted octanol–water partition coefficient (Wildman–Crippen LogP) is 0.497. The van der Waals surface area contributed by atoms with Gasteiger partial charge in [0.25, 0.3) is 5.91 Å². The van der Waals surface area contributed by atoms with Crippen molar-refractivity contribution in [1.82, 2.24) is 19.9 Å². The van der Waals surface area contributed by atoms with Crippen molar-refractivity contribution in [2.45, 2.75) is 6.92 Å². The summed E-state index contributed by atoms with van der Waals surface area (Å²) in [5, 5.41) is 0. The zero-order valence-electron chi connectivity index (χ0n) is 11.6. The van der Waals surface area contributed by atoms with Crippen LogP contribution in [0.15, 0.2) is 23.3 Å². The molecule has 1 saturated heterocycles. The van der Waals surface area contributed by atoms with Gasteiger partial charge in [-0.3, -0.25) is 9.59 Å². The van der Waals surface area contributed by atoms with Crippen molar-refractivity contribution >= 4 is 23.2 Å². The number of H-pyrrole nitrogens is 1. The standard InChI is InChI=1S/C13H15N5O2S/c1-9-10(21-13(20)16-9)11(19)17-5-7-18(8-6-17)12-14-3-2-4-15-12/h2-4H,5-8H2,1H3,(H,16,20). The molecule has 110 valence electrons. The Bertz CT molecular complexity index is 688. The van der Waals surface area contributed by atoms with Crippen molar-refractivity contribution < 1.29 is 4.79 Å². The van der Waals surface area contributed by atoms with Crippen LogP contribution in [-0.2, 0) is 0 Å². The van der Waals surface area contributed by atoms with Crippen LogP contribution in [0, 0.1) is 6.92 Å². The Morgan fingerprint density at radius 2 is 1.90 bits per heavy atom. The fourth-order valence-corrected chi connectivity index (χ4v) is 3.13. The van der Waals surface area contributed by atoms with E-state index in [0.29, 0.717) is 42.7 Å². The maximum Gasteiger partial charge on any atom is 0.305 e. The first-order valence-corrected chi connectivity index (χ1v) is 7.48. The van der Waals surface area contributed by atoms with Gasteiger partial charge in [-0.15, -0.1) is 0 Å². The monoisotopic (exact) mass is 305 g/mol. The molecule has 0 spiro atoms. The summed E-state index contributed by atoms with van der Waals surface area (Å²) < 4.78 is 0. The van der Waals surface area contributed by atoms with Gasteiger partial charge in [0, 0.05) is 44.3 Å². The van der Waals surface area contributed by atoms with E-state index in [-0.39, 0.29) is 10.8 Å². The van der Waals surface area contributed by atoms with Gasteiger partial charge in [0.05, 0.1) is 0 Å². The third-order valence-corrected chi connectivity index (χ3v) is 4.39. The molecule has 1 fully saturated rings. The van der Waals surface area contributed by atoms with E-state index in [4.69, 9.17) is 0 Å². The number of rotatable bonds is 2. The number of aryl methyl sites for hydroxylation is 1. The summed E-state index contributed by atoms with van der Waals surface area (Å²) in [6.07, 6.45) is 3.42. The summed E-state index contributed by atoms with van der Waals surface area (Å²) in [5.74, 6) is 0.608. The molecule has 1 aliphatic rings. The molecule has 0 radical (unpaired) electrons. The number of thiazole rings is 1. The van der Waals surface area contributed by atoms with Crippen LogP contribution in [0.25, 0.3) is 0 Å². The Hall–Kier alpha value is -2.22. The Labute approximate surface area is 125 Å². The summed E-state index contributed by atoms with van der Waals surface area (Å²) in [4.78, 5) is 38.9. The molecule has 2 aromatic rings. The number of carbonyl (C=O) groups excluding carboxylic acids is 1. The zero-order chi connectivity index (χ0) is 14.8. The predicted molar refractivity (Wildman–Crippen MR) is 79.8 cm³/mol. The summed E-state index contributed by atoms with van der Waals surface area (Å²) in [5.41, 5.74) is 0.642. The quantitative estimate of drug-likeness (QED) is 0.873. The Kier molecular flexibility index (Phi) is 3.70. The topological polar surface area (TPSA) is 82.2 Å². The molecule has 0 bridgehead atoms. The second-order valence-corrected chi connectivity index (χ2v) is 5.78. The van der Waals surface area contributed by atoms with Gasteiger partial charge >= 0.3 is 4.87 Å². The zero-order valence-corrected chi connectivity index (χ0v) is 12.4. The van der Waals surface area contributed by atoms with Crippen LogP contribution in [0.2, 0.25) is 0 Å². The molecule has 8 heteroatoms. The number of aromatic nitrogens is 3. The number of piperazine rings is 1. The SMILES string of the molecule is Cc1[nH]c(=O)sc1C(=O)N1CCN(c2ncccn2)CC1. The lowest BCUT2D eigenvalue weighted by Gasteiger charge is -2.34. The van der Waals surface area contributed by atoms with E-state index in [1.54, 1.807) is 30.3 Å². The number of anilines is 1. The molecule has 1 amide bonds. The minimum absolute atomic E-state index is 0.0792. The Balaban J connectivity index is 1.67. The lowest BCUT2D eigenvalue weighted by Crippen LogP contribution is -2.49. The Morgan fingerprint density at radius 3 is 2.48 bits per heavy atom. The number of carbonyl (C=O) groups is 1. The summed E-state index contributed by atoms with van der Waals surface area (Å²) in [6, 6.07) is 1.78. The van der Waals surface area contributed by atoms with Gasteiger partial charge < -0.3 is 14.8 Å². The maximum absolute atomic E-state index is 12.4. The van der Waals surface area contributed by atoms with Crippen LogP contribution in [0.4, 0.5) is 5.95 Å². The molecule has 0 unspecified atom stereocenters. The molecule has 3 heterocycles. The molecular formula is C13H15N5O2S. The molecule has 3 rings (SSSR count). The fraction of sp³-hybridized carbons (Fsp3) is 0.385. The molecule has 21 heavy (non-hydrogen) atoms. The third kappa shape index (κ3) is 2.80. The summed E-state index contributed by atoms with van der Waals surface area (Å²) in [6.45, 7) is 4.33. The summed E-state index contributed by atoms with van der Waals surface area (Å²) in [7, 11) is 0. The molecule has 0 aromatic carbocycles. The molecule has 1 aliphatic heterocycles. The van der Waals surface area contributed by atoms with Gasteiger partial charge in [0.1, 0.15) is 4.88 Å². The van der Waals surface area contributed by atoms with E-state index in [1.807, 2.05) is 0 Å². The molecule has 0 saturated carbocycles. The molecule has 0 aliphatic carbocycles. The van der Waals surface area contributed by atoms with E-state index >= 15 is 0 Å². The van der Waals surface area contributed by atoms with E-state index in [9.17, 15) is 9.59 Å². The second kappa shape index (κ2) is 5.65. The van der Waals surface area contributed by atoms with Crippen LogP contribution >= 0.6 is 11.3 Å². The van der Waals surface area contributed by atoms with Crippen molar-refractivity contribution in [2.24, 2.45) is 0 Å². The van der Waals surface area contributed by atoms with Gasteiger partial charge in [-0.25, -0.2) is 9.97 Å². The molecule has 2 aromatic heterocycles. The highest BCUT2D eigenvalue weighted by atomic mass is 32.1. The van der Waals surface area contributed by atoms with Crippen molar-refractivity contribution in [2.75, 3.05) is 31.1 Å². The van der Waals surface area contributed by atoms with Gasteiger partial charge in [0.15, 0.2) is 0 Å². The number of aromatic amines is 1. The largest absolute Gasteiger partial charge is 0.337 e. The fourth-order valence-electron chi connectivity index (χ4n) is 2.32. The summed E-state index contributed by atoms with van der Waals surface area (Å²) >= 11 is 0.973. The first-order chi connectivity index (χ1) is 10.1. The molecular weight excluding hydrogens is 290 g/mol. The Morgan fingerprint density at radius 1 is 1.24 bits per heavy atom. The van der Waals surface area contributed by atoms with Crippen LogP contribution < -0.4 is 9.77 Å². The van der Waals surface area contributed by atoms with Gasteiger partial charge in [0.2, 0.25) is 5.95 Å². The van der Waals surface area contributed by atoms with Gasteiger partial charge in [-0.2, -0.15) is 0 Å².